The number of rotatable bonds is 3. The normalized spacial score (nSPS) is 28.4. The fourth-order valence-electron chi connectivity index (χ4n) is 3.18. The van der Waals surface area contributed by atoms with Crippen molar-refractivity contribution in [3.63, 3.8) is 0 Å². The molecule has 1 N–H and O–H groups in total. The summed E-state index contributed by atoms with van der Waals surface area (Å²) < 4.78 is 26.1. The fourth-order valence-corrected chi connectivity index (χ4v) is 3.18. The summed E-state index contributed by atoms with van der Waals surface area (Å²) in [7, 11) is 0. The van der Waals surface area contributed by atoms with Gasteiger partial charge in [-0.05, 0) is 51.1 Å². The Morgan fingerprint density at radius 3 is 2.18 bits per heavy atom. The molecule has 2 aliphatic rings. The summed E-state index contributed by atoms with van der Waals surface area (Å²) in [4.78, 5) is 2.39. The van der Waals surface area contributed by atoms with E-state index in [1.54, 1.807) is 0 Å². The first kappa shape index (κ1) is 13.2. The summed E-state index contributed by atoms with van der Waals surface area (Å²) in [5, 5.41) is 8.89. The maximum Gasteiger partial charge on any atom is 0.248 e. The quantitative estimate of drug-likeness (QED) is 0.828. The zero-order chi connectivity index (χ0) is 12.3. The van der Waals surface area contributed by atoms with Gasteiger partial charge in [0.05, 0.1) is 0 Å². The molecule has 2 rings (SSSR count). The molecule has 0 bridgehead atoms. The van der Waals surface area contributed by atoms with Gasteiger partial charge in [0.25, 0.3) is 0 Å². The number of piperidine rings is 1. The van der Waals surface area contributed by atoms with Gasteiger partial charge in [0.1, 0.15) is 0 Å². The molecule has 0 atom stereocenters. The van der Waals surface area contributed by atoms with Gasteiger partial charge in [-0.3, -0.25) is 0 Å². The van der Waals surface area contributed by atoms with Crippen LogP contribution in [0.2, 0.25) is 0 Å². The van der Waals surface area contributed by atoms with Crippen molar-refractivity contribution in [1.29, 1.82) is 0 Å². The van der Waals surface area contributed by atoms with E-state index in [2.05, 4.69) is 4.90 Å². The first-order valence-corrected chi connectivity index (χ1v) is 6.83. The number of hydrogen-bond acceptors (Lipinski definition) is 2. The van der Waals surface area contributed by atoms with Gasteiger partial charge < -0.3 is 10.0 Å². The molecule has 0 aromatic carbocycles. The summed E-state index contributed by atoms with van der Waals surface area (Å²) in [6, 6.07) is 0.379. The van der Waals surface area contributed by atoms with E-state index in [4.69, 9.17) is 5.11 Å². The van der Waals surface area contributed by atoms with E-state index in [0.717, 1.165) is 32.4 Å². The van der Waals surface area contributed by atoms with Crippen LogP contribution in [0, 0.1) is 5.92 Å². The number of aliphatic hydroxyl groups is 1. The lowest BCUT2D eigenvalue weighted by Gasteiger charge is -2.40. The topological polar surface area (TPSA) is 23.5 Å². The van der Waals surface area contributed by atoms with Crippen LogP contribution in [0.3, 0.4) is 0 Å². The maximum atomic E-state index is 13.1. The van der Waals surface area contributed by atoms with Crippen LogP contribution in [0.1, 0.15) is 44.9 Å². The van der Waals surface area contributed by atoms with Crippen molar-refractivity contribution < 1.29 is 13.9 Å². The Bertz CT molecular complexity index is 230. The molecule has 1 saturated heterocycles. The van der Waals surface area contributed by atoms with Crippen LogP contribution in [-0.4, -0.2) is 41.7 Å². The van der Waals surface area contributed by atoms with Crippen molar-refractivity contribution in [2.24, 2.45) is 5.92 Å². The van der Waals surface area contributed by atoms with Gasteiger partial charge >= 0.3 is 0 Å². The third kappa shape index (κ3) is 3.62. The van der Waals surface area contributed by atoms with E-state index in [1.165, 1.54) is 0 Å². The maximum absolute atomic E-state index is 13.1. The molecule has 2 nitrogen and oxygen atoms in total. The molecule has 0 spiro atoms. The number of hydrogen-bond donors (Lipinski definition) is 1. The molecule has 0 unspecified atom stereocenters. The Kier molecular flexibility index (Phi) is 4.36. The molecule has 2 fully saturated rings. The summed E-state index contributed by atoms with van der Waals surface area (Å²) in [6.45, 7) is 2.34. The monoisotopic (exact) mass is 247 g/mol. The van der Waals surface area contributed by atoms with Gasteiger partial charge in [0.15, 0.2) is 0 Å². The molecule has 100 valence electrons. The summed E-state index contributed by atoms with van der Waals surface area (Å²) in [5.74, 6) is -1.77. The standard InChI is InChI=1S/C13H23F2NO/c14-13(15)6-1-12(2-7-13)16-8-3-11(4-9-16)5-10-17/h11-12,17H,1-10H2. The van der Waals surface area contributed by atoms with Crippen LogP contribution in [0.5, 0.6) is 0 Å². The third-order valence-electron chi connectivity index (χ3n) is 4.39. The summed E-state index contributed by atoms with van der Waals surface area (Å²) >= 11 is 0. The highest BCUT2D eigenvalue weighted by atomic mass is 19.3. The van der Waals surface area contributed by atoms with Crippen molar-refractivity contribution in [2.75, 3.05) is 19.7 Å². The predicted molar refractivity (Wildman–Crippen MR) is 63.2 cm³/mol. The molecule has 1 saturated carbocycles. The largest absolute Gasteiger partial charge is 0.396 e. The second-order valence-electron chi connectivity index (χ2n) is 5.58. The summed E-state index contributed by atoms with van der Waals surface area (Å²) in [5.41, 5.74) is 0. The van der Waals surface area contributed by atoms with Gasteiger partial charge in [0.2, 0.25) is 5.92 Å². The molecule has 1 aliphatic carbocycles. The number of likely N-dealkylation sites (tertiary alicyclic amines) is 1. The molecule has 17 heavy (non-hydrogen) atoms. The van der Waals surface area contributed by atoms with Gasteiger partial charge in [0, 0.05) is 25.5 Å². The van der Waals surface area contributed by atoms with Crippen LogP contribution in [0.25, 0.3) is 0 Å². The predicted octanol–water partition coefficient (Wildman–Crippen LogP) is 2.66. The highest BCUT2D eigenvalue weighted by Crippen LogP contribution is 2.36. The Balaban J connectivity index is 1.74. The van der Waals surface area contributed by atoms with E-state index in [-0.39, 0.29) is 19.4 Å². The zero-order valence-corrected chi connectivity index (χ0v) is 10.4. The molecule has 4 heteroatoms. The van der Waals surface area contributed by atoms with E-state index in [9.17, 15) is 8.78 Å². The lowest BCUT2D eigenvalue weighted by atomic mass is 9.87. The highest BCUT2D eigenvalue weighted by molar-refractivity contribution is 4.85. The number of alkyl halides is 2. The SMILES string of the molecule is OCCC1CCN(C2CCC(F)(F)CC2)CC1. The average Bonchev–Trinajstić information content (AvgIpc) is 2.31. The Morgan fingerprint density at radius 1 is 1.06 bits per heavy atom. The minimum absolute atomic E-state index is 0.0637. The molecule has 0 amide bonds. The van der Waals surface area contributed by atoms with Gasteiger partial charge in [-0.25, -0.2) is 8.78 Å². The molecule has 1 aliphatic heterocycles. The van der Waals surface area contributed by atoms with Crippen molar-refractivity contribution in [2.45, 2.75) is 56.9 Å². The van der Waals surface area contributed by atoms with Crippen molar-refractivity contribution in [3.05, 3.63) is 0 Å². The van der Waals surface area contributed by atoms with Gasteiger partial charge in [-0.15, -0.1) is 0 Å². The van der Waals surface area contributed by atoms with Crippen molar-refractivity contribution in [1.82, 2.24) is 4.90 Å². The molecule has 0 aromatic rings. The van der Waals surface area contributed by atoms with Crippen molar-refractivity contribution in [3.8, 4) is 0 Å². The van der Waals surface area contributed by atoms with Gasteiger partial charge in [-0.2, -0.15) is 0 Å². The smallest absolute Gasteiger partial charge is 0.248 e. The van der Waals surface area contributed by atoms with E-state index in [1.807, 2.05) is 0 Å². The number of aliphatic hydroxyl groups excluding tert-OH is 1. The highest BCUT2D eigenvalue weighted by Gasteiger charge is 2.37. The van der Waals surface area contributed by atoms with E-state index in [0.29, 0.717) is 24.8 Å². The first-order chi connectivity index (χ1) is 8.11. The number of halogens is 2. The summed E-state index contributed by atoms with van der Waals surface area (Å²) in [6.07, 6.45) is 4.56. The number of nitrogens with zero attached hydrogens (tertiary/aromatic N) is 1. The van der Waals surface area contributed by atoms with Crippen LogP contribution in [0.4, 0.5) is 8.78 Å². The first-order valence-electron chi connectivity index (χ1n) is 6.83. The van der Waals surface area contributed by atoms with Gasteiger partial charge in [-0.1, -0.05) is 0 Å². The third-order valence-corrected chi connectivity index (χ3v) is 4.39. The van der Waals surface area contributed by atoms with E-state index >= 15 is 0 Å². The fraction of sp³-hybridized carbons (Fsp3) is 1.00. The Labute approximate surface area is 102 Å². The minimum atomic E-state index is -2.41. The lowest BCUT2D eigenvalue weighted by molar-refractivity contribution is -0.0570. The molecule has 0 radical (unpaired) electrons. The second-order valence-corrected chi connectivity index (χ2v) is 5.58. The van der Waals surface area contributed by atoms with Crippen LogP contribution in [0.15, 0.2) is 0 Å². The second kappa shape index (κ2) is 5.61. The van der Waals surface area contributed by atoms with Crippen LogP contribution >= 0.6 is 0 Å². The van der Waals surface area contributed by atoms with Crippen molar-refractivity contribution >= 4 is 0 Å². The van der Waals surface area contributed by atoms with E-state index < -0.39 is 5.92 Å². The zero-order valence-electron chi connectivity index (χ0n) is 10.4. The Hall–Kier alpha value is -0.220. The molecular formula is C13H23F2NO. The Morgan fingerprint density at radius 2 is 1.65 bits per heavy atom. The molecular weight excluding hydrogens is 224 g/mol. The van der Waals surface area contributed by atoms with Crippen LogP contribution in [-0.2, 0) is 0 Å². The lowest BCUT2D eigenvalue weighted by Crippen LogP contribution is -2.44. The van der Waals surface area contributed by atoms with Crippen LogP contribution < -0.4 is 0 Å². The minimum Gasteiger partial charge on any atom is -0.396 e. The average molecular weight is 247 g/mol. The molecule has 0 aromatic heterocycles. The molecule has 1 heterocycles.